The van der Waals surface area contributed by atoms with E-state index < -0.39 is 0 Å². The number of carbonyl (C=O) groups is 1. The van der Waals surface area contributed by atoms with Crippen molar-refractivity contribution >= 4 is 5.78 Å². The van der Waals surface area contributed by atoms with E-state index >= 15 is 0 Å². The molecule has 2 aromatic rings. The molecule has 0 bridgehead atoms. The van der Waals surface area contributed by atoms with Crippen LogP contribution in [0.3, 0.4) is 0 Å². The van der Waals surface area contributed by atoms with E-state index in [1.807, 2.05) is 30.3 Å². The number of carbonyl (C=O) groups excluding carboxylic acids is 1. The predicted octanol–water partition coefficient (Wildman–Crippen LogP) is 0.962. The Morgan fingerprint density at radius 3 is 2.50 bits per heavy atom. The fourth-order valence-corrected chi connectivity index (χ4v) is 1.39. The van der Waals surface area contributed by atoms with Crippen LogP contribution < -0.4 is 0 Å². The van der Waals surface area contributed by atoms with Gasteiger partial charge in [0.1, 0.15) is 5.69 Å². The van der Waals surface area contributed by atoms with Crippen LogP contribution in [0.15, 0.2) is 30.3 Å². The number of benzene rings is 1. The summed E-state index contributed by atoms with van der Waals surface area (Å²) in [5.41, 5.74) is 1.27. The Balaban J connectivity index is 2.48. The highest BCUT2D eigenvalue weighted by molar-refractivity contribution is 5.93. The van der Waals surface area contributed by atoms with Crippen LogP contribution in [0.5, 0.6) is 0 Å². The third-order valence-electron chi connectivity index (χ3n) is 2.15. The molecule has 1 aromatic carbocycles. The molecule has 5 heteroatoms. The van der Waals surface area contributed by atoms with E-state index in [9.17, 15) is 4.79 Å². The molecule has 5 nitrogen and oxygen atoms in total. The maximum Gasteiger partial charge on any atom is 0.182 e. The van der Waals surface area contributed by atoms with Gasteiger partial charge in [-0.3, -0.25) is 4.79 Å². The molecule has 0 aliphatic carbocycles. The van der Waals surface area contributed by atoms with Crippen molar-refractivity contribution in [2.75, 3.05) is 0 Å². The summed E-state index contributed by atoms with van der Waals surface area (Å²) in [5.74, 6) is -0.203. The predicted molar refractivity (Wildman–Crippen MR) is 57.3 cm³/mol. The molecule has 2 rings (SSSR count). The number of aliphatic hydroxyl groups is 1. The molecule has 0 amide bonds. The molecule has 0 spiro atoms. The van der Waals surface area contributed by atoms with Gasteiger partial charge >= 0.3 is 0 Å². The van der Waals surface area contributed by atoms with E-state index in [1.54, 1.807) is 0 Å². The second-order valence-electron chi connectivity index (χ2n) is 3.33. The standard InChI is InChI=1S/C11H11N3O2/c1-8(16)11-10(7-15)12-14(13-11)9-5-3-2-4-6-9/h2-6,15H,7H2,1H3. The van der Waals surface area contributed by atoms with E-state index in [4.69, 9.17) is 5.11 Å². The number of hydrogen-bond donors (Lipinski definition) is 1. The van der Waals surface area contributed by atoms with Gasteiger partial charge in [0.15, 0.2) is 11.5 Å². The second-order valence-corrected chi connectivity index (χ2v) is 3.33. The maximum atomic E-state index is 11.2. The molecule has 1 N–H and O–H groups in total. The van der Waals surface area contributed by atoms with E-state index in [0.717, 1.165) is 5.69 Å². The Hall–Kier alpha value is -2.01. The van der Waals surface area contributed by atoms with Crippen molar-refractivity contribution in [3.8, 4) is 5.69 Å². The lowest BCUT2D eigenvalue weighted by molar-refractivity contribution is 0.100. The topological polar surface area (TPSA) is 68.0 Å². The van der Waals surface area contributed by atoms with E-state index in [1.165, 1.54) is 11.7 Å². The number of aliphatic hydroxyl groups excluding tert-OH is 1. The summed E-state index contributed by atoms with van der Waals surface area (Å²) < 4.78 is 0. The number of aromatic nitrogens is 3. The molecule has 0 saturated carbocycles. The van der Waals surface area contributed by atoms with Gasteiger partial charge in [0.25, 0.3) is 0 Å². The van der Waals surface area contributed by atoms with Crippen molar-refractivity contribution in [3.05, 3.63) is 41.7 Å². The van der Waals surface area contributed by atoms with Crippen LogP contribution in [0.1, 0.15) is 23.1 Å². The van der Waals surface area contributed by atoms with Gasteiger partial charge < -0.3 is 5.11 Å². The second kappa shape index (κ2) is 4.24. The summed E-state index contributed by atoms with van der Waals surface area (Å²) >= 11 is 0. The molecule has 0 unspecified atom stereocenters. The molecular weight excluding hydrogens is 206 g/mol. The Labute approximate surface area is 92.3 Å². The molecule has 82 valence electrons. The minimum atomic E-state index is -0.290. The van der Waals surface area contributed by atoms with Gasteiger partial charge in [-0.05, 0) is 12.1 Å². The van der Waals surface area contributed by atoms with Crippen molar-refractivity contribution in [1.29, 1.82) is 0 Å². The molecule has 1 heterocycles. The van der Waals surface area contributed by atoms with Crippen molar-refractivity contribution in [2.24, 2.45) is 0 Å². The number of hydrogen-bond acceptors (Lipinski definition) is 4. The molecule has 0 saturated heterocycles. The van der Waals surface area contributed by atoms with E-state index in [0.29, 0.717) is 5.69 Å². The lowest BCUT2D eigenvalue weighted by atomic mass is 10.2. The quantitative estimate of drug-likeness (QED) is 0.777. The molecule has 0 radical (unpaired) electrons. The third-order valence-corrected chi connectivity index (χ3v) is 2.15. The zero-order chi connectivity index (χ0) is 11.5. The van der Waals surface area contributed by atoms with Crippen LogP contribution in [-0.2, 0) is 6.61 Å². The average molecular weight is 217 g/mol. The first-order valence-electron chi connectivity index (χ1n) is 4.86. The normalized spacial score (nSPS) is 10.4. The summed E-state index contributed by atoms with van der Waals surface area (Å²) in [6.07, 6.45) is 0. The minimum Gasteiger partial charge on any atom is -0.390 e. The van der Waals surface area contributed by atoms with Gasteiger partial charge in [-0.25, -0.2) is 0 Å². The number of para-hydroxylation sites is 1. The van der Waals surface area contributed by atoms with Gasteiger partial charge in [-0.15, -0.1) is 5.10 Å². The molecule has 0 atom stereocenters. The highest BCUT2D eigenvalue weighted by Gasteiger charge is 2.14. The summed E-state index contributed by atoms with van der Waals surface area (Å²) in [6.45, 7) is 1.11. The number of nitrogens with zero attached hydrogens (tertiary/aromatic N) is 3. The average Bonchev–Trinajstić information content (AvgIpc) is 2.74. The summed E-state index contributed by atoms with van der Waals surface area (Å²) in [7, 11) is 0. The third kappa shape index (κ3) is 1.85. The first-order valence-corrected chi connectivity index (χ1v) is 4.86. The van der Waals surface area contributed by atoms with Gasteiger partial charge in [-0.1, -0.05) is 18.2 Å². The molecule has 0 fully saturated rings. The van der Waals surface area contributed by atoms with Crippen molar-refractivity contribution in [1.82, 2.24) is 15.0 Å². The SMILES string of the molecule is CC(=O)c1nn(-c2ccccc2)nc1CO. The van der Waals surface area contributed by atoms with Crippen LogP contribution in [0.2, 0.25) is 0 Å². The molecule has 16 heavy (non-hydrogen) atoms. The largest absolute Gasteiger partial charge is 0.390 e. The molecule has 1 aromatic heterocycles. The summed E-state index contributed by atoms with van der Waals surface area (Å²) in [5, 5.41) is 17.2. The van der Waals surface area contributed by atoms with Crippen molar-refractivity contribution in [3.63, 3.8) is 0 Å². The first kappa shape index (κ1) is 10.5. The minimum absolute atomic E-state index is 0.203. The lowest BCUT2D eigenvalue weighted by Crippen LogP contribution is -2.00. The first-order chi connectivity index (χ1) is 7.72. The van der Waals surface area contributed by atoms with E-state index in [-0.39, 0.29) is 18.1 Å². The molecular formula is C11H11N3O2. The van der Waals surface area contributed by atoms with Crippen molar-refractivity contribution < 1.29 is 9.90 Å². The molecule has 0 aliphatic heterocycles. The van der Waals surface area contributed by atoms with Gasteiger partial charge in [0.05, 0.1) is 12.3 Å². The van der Waals surface area contributed by atoms with Crippen LogP contribution in [-0.4, -0.2) is 25.9 Å². The van der Waals surface area contributed by atoms with Crippen molar-refractivity contribution in [2.45, 2.75) is 13.5 Å². The van der Waals surface area contributed by atoms with E-state index in [2.05, 4.69) is 10.2 Å². The highest BCUT2D eigenvalue weighted by Crippen LogP contribution is 2.09. The Bertz CT molecular complexity index is 505. The Morgan fingerprint density at radius 1 is 1.31 bits per heavy atom. The zero-order valence-corrected chi connectivity index (χ0v) is 8.79. The van der Waals surface area contributed by atoms with Crippen LogP contribution >= 0.6 is 0 Å². The zero-order valence-electron chi connectivity index (χ0n) is 8.79. The lowest BCUT2D eigenvalue weighted by Gasteiger charge is -1.96. The number of ketones is 1. The van der Waals surface area contributed by atoms with Crippen LogP contribution in [0, 0.1) is 0 Å². The Kier molecular flexibility index (Phi) is 2.78. The Morgan fingerprint density at radius 2 is 2.00 bits per heavy atom. The molecule has 0 aliphatic rings. The highest BCUT2D eigenvalue weighted by atomic mass is 16.3. The van der Waals surface area contributed by atoms with Gasteiger partial charge in [0.2, 0.25) is 0 Å². The number of rotatable bonds is 3. The van der Waals surface area contributed by atoms with Crippen LogP contribution in [0.25, 0.3) is 5.69 Å². The van der Waals surface area contributed by atoms with Gasteiger partial charge in [-0.2, -0.15) is 9.90 Å². The fourth-order valence-electron chi connectivity index (χ4n) is 1.39. The smallest absolute Gasteiger partial charge is 0.182 e. The maximum absolute atomic E-state index is 11.2. The summed E-state index contributed by atoms with van der Waals surface area (Å²) in [6, 6.07) is 9.23. The summed E-state index contributed by atoms with van der Waals surface area (Å²) in [4.78, 5) is 12.6. The monoisotopic (exact) mass is 217 g/mol. The number of Topliss-reactive ketones (excluding diaryl/α,β-unsaturated/α-hetero) is 1. The van der Waals surface area contributed by atoms with Gasteiger partial charge in [0, 0.05) is 6.92 Å². The fraction of sp³-hybridized carbons (Fsp3) is 0.182. The van der Waals surface area contributed by atoms with Crippen LogP contribution in [0.4, 0.5) is 0 Å².